The van der Waals surface area contributed by atoms with Crippen LogP contribution in [0, 0.1) is 6.92 Å². The van der Waals surface area contributed by atoms with E-state index in [0.29, 0.717) is 5.56 Å². The van der Waals surface area contributed by atoms with Crippen molar-refractivity contribution in [2.45, 2.75) is 18.4 Å². The van der Waals surface area contributed by atoms with E-state index in [-0.39, 0.29) is 23.2 Å². The molecule has 2 N–H and O–H groups in total. The van der Waals surface area contributed by atoms with Gasteiger partial charge in [-0.15, -0.1) is 0 Å². The zero-order valence-corrected chi connectivity index (χ0v) is 10.9. The highest BCUT2D eigenvalue weighted by molar-refractivity contribution is 7.90. The van der Waals surface area contributed by atoms with Crippen LogP contribution in [0.4, 0.5) is 0 Å². The van der Waals surface area contributed by atoms with Crippen molar-refractivity contribution in [2.75, 3.05) is 6.26 Å². The molecule has 0 bridgehead atoms. The molecule has 0 saturated carbocycles. The van der Waals surface area contributed by atoms with Crippen molar-refractivity contribution in [1.82, 2.24) is 10.1 Å². The Kier molecular flexibility index (Phi) is 3.18. The van der Waals surface area contributed by atoms with Gasteiger partial charge >= 0.3 is 0 Å². The third-order valence-electron chi connectivity index (χ3n) is 2.42. The SMILES string of the molecule is Cc1ccc(-c2noc(CN)n2)c(S(C)(=O)=O)c1. The standard InChI is InChI=1S/C11H13N3O3S/c1-7-3-4-8(9(5-7)18(2,15)16)11-13-10(6-12)17-14-11/h3-5H,6,12H2,1-2H3. The Bertz CT molecular complexity index is 677. The maximum atomic E-state index is 11.7. The molecule has 0 aliphatic heterocycles. The average molecular weight is 267 g/mol. The first kappa shape index (κ1) is 12.7. The van der Waals surface area contributed by atoms with E-state index >= 15 is 0 Å². The van der Waals surface area contributed by atoms with Gasteiger partial charge in [-0.3, -0.25) is 0 Å². The minimum Gasteiger partial charge on any atom is -0.338 e. The lowest BCUT2D eigenvalue weighted by atomic mass is 10.1. The monoisotopic (exact) mass is 267 g/mol. The number of hydrogen-bond donors (Lipinski definition) is 1. The van der Waals surface area contributed by atoms with Gasteiger partial charge in [0.1, 0.15) is 0 Å². The molecule has 18 heavy (non-hydrogen) atoms. The topological polar surface area (TPSA) is 99.1 Å². The van der Waals surface area contributed by atoms with Crippen LogP contribution >= 0.6 is 0 Å². The van der Waals surface area contributed by atoms with E-state index in [4.69, 9.17) is 10.3 Å². The van der Waals surface area contributed by atoms with Crippen molar-refractivity contribution in [3.8, 4) is 11.4 Å². The third kappa shape index (κ3) is 2.41. The first-order chi connectivity index (χ1) is 8.41. The Morgan fingerprint density at radius 1 is 1.39 bits per heavy atom. The van der Waals surface area contributed by atoms with Crippen LogP contribution < -0.4 is 5.73 Å². The summed E-state index contributed by atoms with van der Waals surface area (Å²) in [5.74, 6) is 0.501. The summed E-state index contributed by atoms with van der Waals surface area (Å²) in [4.78, 5) is 4.22. The predicted molar refractivity (Wildman–Crippen MR) is 65.5 cm³/mol. The summed E-state index contributed by atoms with van der Waals surface area (Å²) in [7, 11) is -3.35. The quantitative estimate of drug-likeness (QED) is 0.887. The summed E-state index contributed by atoms with van der Waals surface area (Å²) in [6.07, 6.45) is 1.15. The minimum atomic E-state index is -3.35. The summed E-state index contributed by atoms with van der Waals surface area (Å²) in [5, 5.41) is 3.73. The molecule has 0 radical (unpaired) electrons. The summed E-state index contributed by atoms with van der Waals surface area (Å²) >= 11 is 0. The molecule has 1 heterocycles. The summed E-state index contributed by atoms with van der Waals surface area (Å²) in [6, 6.07) is 5.04. The highest BCUT2D eigenvalue weighted by Crippen LogP contribution is 2.26. The van der Waals surface area contributed by atoms with Gasteiger partial charge < -0.3 is 10.3 Å². The molecule has 96 valence electrons. The fraction of sp³-hybridized carbons (Fsp3) is 0.273. The largest absolute Gasteiger partial charge is 0.338 e. The fourth-order valence-electron chi connectivity index (χ4n) is 1.57. The fourth-order valence-corrected chi connectivity index (χ4v) is 2.53. The van der Waals surface area contributed by atoms with Gasteiger partial charge in [0.15, 0.2) is 9.84 Å². The smallest absolute Gasteiger partial charge is 0.240 e. The molecular weight excluding hydrogens is 254 g/mol. The first-order valence-corrected chi connectivity index (χ1v) is 7.14. The van der Waals surface area contributed by atoms with E-state index in [1.54, 1.807) is 18.2 Å². The first-order valence-electron chi connectivity index (χ1n) is 5.25. The summed E-state index contributed by atoms with van der Waals surface area (Å²) < 4.78 is 28.4. The van der Waals surface area contributed by atoms with Gasteiger partial charge in [-0.25, -0.2) is 8.42 Å². The number of aryl methyl sites for hydroxylation is 1. The van der Waals surface area contributed by atoms with E-state index in [2.05, 4.69) is 10.1 Å². The molecule has 0 atom stereocenters. The van der Waals surface area contributed by atoms with Crippen molar-refractivity contribution >= 4 is 9.84 Å². The molecule has 0 spiro atoms. The van der Waals surface area contributed by atoms with Crippen LogP contribution in [0.3, 0.4) is 0 Å². The molecule has 6 nitrogen and oxygen atoms in total. The highest BCUT2D eigenvalue weighted by atomic mass is 32.2. The molecule has 1 aromatic heterocycles. The van der Waals surface area contributed by atoms with E-state index in [1.165, 1.54) is 0 Å². The van der Waals surface area contributed by atoms with Crippen LogP contribution in [0.25, 0.3) is 11.4 Å². The lowest BCUT2D eigenvalue weighted by Crippen LogP contribution is -2.01. The minimum absolute atomic E-state index is 0.118. The Hall–Kier alpha value is -1.73. The van der Waals surface area contributed by atoms with E-state index in [0.717, 1.165) is 11.8 Å². The normalized spacial score (nSPS) is 11.7. The van der Waals surface area contributed by atoms with Crippen LogP contribution in [-0.4, -0.2) is 24.8 Å². The molecule has 2 rings (SSSR count). The van der Waals surface area contributed by atoms with Gasteiger partial charge in [-0.2, -0.15) is 4.98 Å². The van der Waals surface area contributed by atoms with Crippen LogP contribution in [0.1, 0.15) is 11.5 Å². The second kappa shape index (κ2) is 4.51. The Balaban J connectivity index is 2.64. The highest BCUT2D eigenvalue weighted by Gasteiger charge is 2.18. The number of nitrogens with two attached hydrogens (primary N) is 1. The lowest BCUT2D eigenvalue weighted by Gasteiger charge is -2.05. The van der Waals surface area contributed by atoms with E-state index in [9.17, 15) is 8.42 Å². The van der Waals surface area contributed by atoms with Crippen molar-refractivity contribution in [2.24, 2.45) is 5.73 Å². The predicted octanol–water partition coefficient (Wildman–Crippen LogP) is 0.907. The van der Waals surface area contributed by atoms with Gasteiger partial charge in [0, 0.05) is 11.8 Å². The second-order valence-corrected chi connectivity index (χ2v) is 5.97. The average Bonchev–Trinajstić information content (AvgIpc) is 2.76. The van der Waals surface area contributed by atoms with Gasteiger partial charge in [0.05, 0.1) is 11.4 Å². The molecular formula is C11H13N3O3S. The van der Waals surface area contributed by atoms with E-state index < -0.39 is 9.84 Å². The summed E-state index contributed by atoms with van der Waals surface area (Å²) in [5.41, 5.74) is 6.65. The maximum absolute atomic E-state index is 11.7. The summed E-state index contributed by atoms with van der Waals surface area (Å²) in [6.45, 7) is 1.94. The molecule has 2 aromatic rings. The van der Waals surface area contributed by atoms with Crippen LogP contribution in [0.15, 0.2) is 27.6 Å². The van der Waals surface area contributed by atoms with Crippen LogP contribution in [-0.2, 0) is 16.4 Å². The molecule has 0 unspecified atom stereocenters. The van der Waals surface area contributed by atoms with Crippen LogP contribution in [0.5, 0.6) is 0 Å². The van der Waals surface area contributed by atoms with Gasteiger partial charge in [0.2, 0.25) is 11.7 Å². The van der Waals surface area contributed by atoms with E-state index in [1.807, 2.05) is 6.92 Å². The molecule has 0 fully saturated rings. The lowest BCUT2D eigenvalue weighted by molar-refractivity contribution is 0.380. The molecule has 7 heteroatoms. The number of rotatable bonds is 3. The van der Waals surface area contributed by atoms with Gasteiger partial charge in [-0.1, -0.05) is 11.2 Å². The molecule has 0 saturated heterocycles. The number of aromatic nitrogens is 2. The van der Waals surface area contributed by atoms with Gasteiger partial charge in [-0.05, 0) is 24.6 Å². The molecule has 1 aromatic carbocycles. The number of nitrogens with zero attached hydrogens (tertiary/aromatic N) is 2. The third-order valence-corrected chi connectivity index (χ3v) is 3.56. The Labute approximate surface area is 105 Å². The van der Waals surface area contributed by atoms with Gasteiger partial charge in [0.25, 0.3) is 0 Å². The zero-order valence-electron chi connectivity index (χ0n) is 10.0. The van der Waals surface area contributed by atoms with Crippen molar-refractivity contribution in [1.29, 1.82) is 0 Å². The Morgan fingerprint density at radius 3 is 2.67 bits per heavy atom. The maximum Gasteiger partial charge on any atom is 0.240 e. The number of sulfone groups is 1. The molecule has 0 aliphatic rings. The van der Waals surface area contributed by atoms with Crippen LogP contribution in [0.2, 0.25) is 0 Å². The van der Waals surface area contributed by atoms with Crippen molar-refractivity contribution < 1.29 is 12.9 Å². The number of hydrogen-bond acceptors (Lipinski definition) is 6. The molecule has 0 amide bonds. The molecule has 0 aliphatic carbocycles. The van der Waals surface area contributed by atoms with Crippen molar-refractivity contribution in [3.63, 3.8) is 0 Å². The second-order valence-electron chi connectivity index (χ2n) is 3.99. The zero-order chi connectivity index (χ0) is 13.3. The van der Waals surface area contributed by atoms with Crippen molar-refractivity contribution in [3.05, 3.63) is 29.7 Å². The Morgan fingerprint density at radius 2 is 2.11 bits per heavy atom. The number of benzene rings is 1.